The minimum Gasteiger partial charge on any atom is -0.421 e. The highest BCUT2D eigenvalue weighted by atomic mass is 32.3. The molecular formula is C9H13F6N3O4S2. The van der Waals surface area contributed by atoms with E-state index in [1.165, 1.54) is 5.69 Å². The minimum absolute atomic E-state index is 0.778. The first-order valence-corrected chi connectivity index (χ1v) is 8.71. The van der Waals surface area contributed by atoms with Gasteiger partial charge in [0.1, 0.15) is 11.9 Å². The Hall–Kier alpha value is -1.35. The molecule has 0 saturated carbocycles. The van der Waals surface area contributed by atoms with Crippen molar-refractivity contribution in [3.63, 3.8) is 0 Å². The van der Waals surface area contributed by atoms with Crippen LogP contribution in [0.15, 0.2) is 12.5 Å². The van der Waals surface area contributed by atoms with E-state index in [1.54, 1.807) is 0 Å². The largest absolute Gasteiger partial charge is 0.480 e. The van der Waals surface area contributed by atoms with Crippen molar-refractivity contribution in [3.05, 3.63) is 22.3 Å². The Morgan fingerprint density at radius 3 is 1.58 bits per heavy atom. The molecule has 15 heteroatoms. The molecule has 24 heavy (non-hydrogen) atoms. The van der Waals surface area contributed by atoms with Crippen molar-refractivity contribution in [3.8, 4) is 0 Å². The molecule has 0 unspecified atom stereocenters. The SMILES string of the molecule is CC[n+]1cc(C)n(C)c1.O=S(=O)([N-]S(=O)(=O)C(F)(F)F)C(F)(F)F. The molecule has 0 bridgehead atoms. The van der Waals surface area contributed by atoms with Crippen molar-refractivity contribution in [1.82, 2.24) is 4.57 Å². The molecular weight excluding hydrogens is 392 g/mol. The van der Waals surface area contributed by atoms with Gasteiger partial charge >= 0.3 is 11.0 Å². The molecule has 0 aliphatic heterocycles. The van der Waals surface area contributed by atoms with Crippen LogP contribution >= 0.6 is 0 Å². The van der Waals surface area contributed by atoms with Gasteiger partial charge in [-0.2, -0.15) is 26.3 Å². The first-order valence-electron chi connectivity index (χ1n) is 5.83. The number of alkyl halides is 6. The molecule has 1 aromatic rings. The molecule has 0 spiro atoms. The lowest BCUT2D eigenvalue weighted by atomic mass is 10.5. The zero-order chi connectivity index (χ0) is 19.6. The maximum absolute atomic E-state index is 11.4. The van der Waals surface area contributed by atoms with Crippen LogP contribution < -0.4 is 4.57 Å². The lowest BCUT2D eigenvalue weighted by Crippen LogP contribution is -2.30. The van der Waals surface area contributed by atoms with Gasteiger partial charge in [-0.1, -0.05) is 0 Å². The van der Waals surface area contributed by atoms with Gasteiger partial charge in [0.15, 0.2) is 20.0 Å². The van der Waals surface area contributed by atoms with Gasteiger partial charge in [-0.3, -0.25) is 0 Å². The number of aromatic nitrogens is 2. The van der Waals surface area contributed by atoms with Gasteiger partial charge in [0.25, 0.3) is 0 Å². The maximum atomic E-state index is 11.4. The summed E-state index contributed by atoms with van der Waals surface area (Å²) in [6, 6.07) is 0. The van der Waals surface area contributed by atoms with Gasteiger partial charge in [0.05, 0.1) is 13.6 Å². The van der Waals surface area contributed by atoms with Crippen LogP contribution in [0.4, 0.5) is 26.3 Å². The van der Waals surface area contributed by atoms with Crippen LogP contribution in [0.2, 0.25) is 0 Å². The van der Waals surface area contributed by atoms with E-state index in [4.69, 9.17) is 0 Å². The summed E-state index contributed by atoms with van der Waals surface area (Å²) in [5.41, 5.74) is -11.1. The van der Waals surface area contributed by atoms with Crippen molar-refractivity contribution in [2.75, 3.05) is 0 Å². The molecule has 0 radical (unpaired) electrons. The third-order valence-electron chi connectivity index (χ3n) is 2.38. The van der Waals surface area contributed by atoms with Crippen molar-refractivity contribution in [2.24, 2.45) is 7.05 Å². The molecule has 0 saturated heterocycles. The third kappa shape index (κ3) is 5.94. The van der Waals surface area contributed by atoms with E-state index in [1.807, 2.05) is 0 Å². The maximum Gasteiger partial charge on any atom is 0.480 e. The Morgan fingerprint density at radius 1 is 1.04 bits per heavy atom. The average molecular weight is 405 g/mol. The van der Waals surface area contributed by atoms with Crippen molar-refractivity contribution < 1.29 is 47.7 Å². The zero-order valence-electron chi connectivity index (χ0n) is 12.4. The summed E-state index contributed by atoms with van der Waals surface area (Å²) >= 11 is 0. The molecule has 0 fully saturated rings. The number of aryl methyl sites for hydroxylation is 3. The number of rotatable bonds is 3. The summed E-state index contributed by atoms with van der Waals surface area (Å²) in [5, 5.41) is 0. The Kier molecular flexibility index (Phi) is 6.86. The van der Waals surface area contributed by atoms with Crippen LogP contribution in [0.1, 0.15) is 12.6 Å². The average Bonchev–Trinajstić information content (AvgIpc) is 2.65. The number of nitrogens with zero attached hydrogens (tertiary/aromatic N) is 3. The second-order valence-electron chi connectivity index (χ2n) is 4.24. The number of hydrogen-bond acceptors (Lipinski definition) is 4. The smallest absolute Gasteiger partial charge is 0.421 e. The van der Waals surface area contributed by atoms with Crippen LogP contribution in [-0.2, 0) is 33.6 Å². The molecule has 142 valence electrons. The fourth-order valence-electron chi connectivity index (χ4n) is 1.06. The van der Waals surface area contributed by atoms with Gasteiger partial charge < -0.3 is 4.13 Å². The Labute approximate surface area is 134 Å². The molecule has 0 N–H and O–H groups in total. The van der Waals surface area contributed by atoms with Gasteiger partial charge in [-0.05, 0) is 6.92 Å². The topological polar surface area (TPSA) is 91.2 Å². The van der Waals surface area contributed by atoms with Gasteiger partial charge in [-0.15, -0.1) is 0 Å². The Morgan fingerprint density at radius 2 is 1.42 bits per heavy atom. The summed E-state index contributed by atoms with van der Waals surface area (Å²) in [6.45, 7) is 5.30. The van der Waals surface area contributed by atoms with Gasteiger partial charge in [0.2, 0.25) is 6.33 Å². The molecule has 0 atom stereocenters. The summed E-state index contributed by atoms with van der Waals surface area (Å²) in [6.07, 6.45) is 4.23. The predicted molar refractivity (Wildman–Crippen MR) is 69.3 cm³/mol. The van der Waals surface area contributed by atoms with Crippen molar-refractivity contribution >= 4 is 20.0 Å². The first-order chi connectivity index (χ1) is 10.4. The molecule has 1 heterocycles. The van der Waals surface area contributed by atoms with E-state index in [2.05, 4.69) is 42.6 Å². The summed E-state index contributed by atoms with van der Waals surface area (Å²) in [7, 11) is -11.4. The Bertz CT molecular complexity index is 703. The van der Waals surface area contributed by atoms with Gasteiger partial charge in [-0.25, -0.2) is 26.0 Å². The quantitative estimate of drug-likeness (QED) is 0.565. The van der Waals surface area contributed by atoms with E-state index in [-0.39, 0.29) is 0 Å². The normalized spacial score (nSPS) is 13.4. The summed E-state index contributed by atoms with van der Waals surface area (Å²) in [5.74, 6) is 0. The lowest BCUT2D eigenvalue weighted by molar-refractivity contribution is -0.693. The number of hydrogen-bond donors (Lipinski definition) is 0. The minimum atomic E-state index is -6.72. The van der Waals surface area contributed by atoms with E-state index in [0.29, 0.717) is 0 Å². The molecule has 7 nitrogen and oxygen atoms in total. The number of sulfonamides is 2. The fourth-order valence-corrected chi connectivity index (χ4v) is 2.77. The van der Waals surface area contributed by atoms with E-state index in [9.17, 15) is 43.2 Å². The molecule has 1 aromatic heterocycles. The highest BCUT2D eigenvalue weighted by Gasteiger charge is 2.46. The third-order valence-corrected chi connectivity index (χ3v) is 5.12. The van der Waals surface area contributed by atoms with E-state index in [0.717, 1.165) is 10.7 Å². The number of halogens is 6. The van der Waals surface area contributed by atoms with Gasteiger partial charge in [0, 0.05) is 6.92 Å². The zero-order valence-corrected chi connectivity index (χ0v) is 14.1. The lowest BCUT2D eigenvalue weighted by Gasteiger charge is -2.22. The van der Waals surface area contributed by atoms with Crippen molar-refractivity contribution in [1.29, 1.82) is 0 Å². The molecule has 0 aromatic carbocycles. The summed E-state index contributed by atoms with van der Waals surface area (Å²) in [4.78, 5) is 0. The second kappa shape index (κ2) is 7.26. The standard InChI is InChI=1S/C7H13N2.C2F6NO4S2/c1-4-9-5-7(2)8(3)6-9;3-1(4,5)14(10,11)9-15(12,13)2(6,7)8/h5-6H,4H2,1-3H3;/q+1;-1. The number of imidazole rings is 1. The monoisotopic (exact) mass is 405 g/mol. The van der Waals surface area contributed by atoms with Crippen LogP contribution in [0.3, 0.4) is 0 Å². The van der Waals surface area contributed by atoms with Crippen LogP contribution in [0.5, 0.6) is 0 Å². The highest BCUT2D eigenvalue weighted by Crippen LogP contribution is 2.36. The molecule has 0 aliphatic rings. The molecule has 1 rings (SSSR count). The summed E-state index contributed by atoms with van der Waals surface area (Å²) < 4.78 is 113. The second-order valence-corrected chi connectivity index (χ2v) is 7.67. The van der Waals surface area contributed by atoms with E-state index < -0.39 is 31.1 Å². The molecule has 0 aliphatic carbocycles. The molecule has 0 amide bonds. The highest BCUT2D eigenvalue weighted by molar-refractivity contribution is 8.13. The predicted octanol–water partition coefficient (Wildman–Crippen LogP) is 1.70. The fraction of sp³-hybridized carbons (Fsp3) is 0.667. The van der Waals surface area contributed by atoms with Crippen molar-refractivity contribution in [2.45, 2.75) is 31.4 Å². The Balaban J connectivity index is 0.000000496. The van der Waals surface area contributed by atoms with Crippen LogP contribution in [-0.4, -0.2) is 32.4 Å². The van der Waals surface area contributed by atoms with Crippen LogP contribution in [0, 0.1) is 6.92 Å². The first kappa shape index (κ1) is 22.6. The van der Waals surface area contributed by atoms with E-state index >= 15 is 0 Å². The van der Waals surface area contributed by atoms with Crippen LogP contribution in [0.25, 0.3) is 4.13 Å².